The number of anilines is 1. The van der Waals surface area contributed by atoms with E-state index < -0.39 is 0 Å². The van der Waals surface area contributed by atoms with Gasteiger partial charge in [-0.1, -0.05) is 41.9 Å². The highest BCUT2D eigenvalue weighted by atomic mass is 35.5. The largest absolute Gasteiger partial charge is 0.339 e. The lowest BCUT2D eigenvalue weighted by Gasteiger charge is -2.08. The van der Waals surface area contributed by atoms with Crippen LogP contribution in [0.2, 0.25) is 5.02 Å². The topological polar surface area (TPSA) is 24.4 Å². The summed E-state index contributed by atoms with van der Waals surface area (Å²) in [6.45, 7) is 0. The molecule has 2 rings (SSSR count). The first-order valence-corrected chi connectivity index (χ1v) is 5.78. The molecular weight excluding hydrogens is 255 g/mol. The molecule has 86 valence electrons. The minimum atomic E-state index is 0.606. The van der Waals surface area contributed by atoms with Crippen molar-refractivity contribution in [3.05, 3.63) is 65.2 Å². The summed E-state index contributed by atoms with van der Waals surface area (Å²) in [4.78, 5) is 0. The summed E-state index contributed by atoms with van der Waals surface area (Å²) < 4.78 is 3.72. The van der Waals surface area contributed by atoms with Crippen LogP contribution in [0.25, 0.3) is 0 Å². The van der Waals surface area contributed by atoms with Crippen molar-refractivity contribution in [1.29, 1.82) is 0 Å². The maximum absolute atomic E-state index is 5.82. The van der Waals surface area contributed by atoms with Crippen LogP contribution >= 0.6 is 23.4 Å². The van der Waals surface area contributed by atoms with Gasteiger partial charge < -0.3 is 5.32 Å². The molecule has 0 saturated heterocycles. The van der Waals surface area contributed by atoms with Crippen molar-refractivity contribution in [2.24, 2.45) is 4.51 Å². The quantitative estimate of drug-likeness (QED) is 0.633. The fourth-order valence-corrected chi connectivity index (χ4v) is 1.67. The van der Waals surface area contributed by atoms with Crippen molar-refractivity contribution in [3.63, 3.8) is 0 Å². The number of nitrogens with zero attached hydrogens (tertiary/aromatic N) is 1. The van der Waals surface area contributed by atoms with E-state index in [0.29, 0.717) is 10.9 Å². The zero-order chi connectivity index (χ0) is 12.1. The van der Waals surface area contributed by atoms with Gasteiger partial charge in [-0.15, -0.1) is 0 Å². The first kappa shape index (κ1) is 12.0. The highest BCUT2D eigenvalue weighted by molar-refractivity contribution is 6.30. The van der Waals surface area contributed by atoms with Gasteiger partial charge in [0.05, 0.1) is 0 Å². The molecule has 0 radical (unpaired) electrons. The molecule has 0 aliphatic carbocycles. The number of hydrogen-bond acceptors (Lipinski definition) is 1. The van der Waals surface area contributed by atoms with Gasteiger partial charge in [-0.2, -0.15) is 4.51 Å². The first-order chi connectivity index (χ1) is 8.29. The van der Waals surface area contributed by atoms with Crippen molar-refractivity contribution in [1.82, 2.24) is 0 Å². The van der Waals surface area contributed by atoms with Crippen LogP contribution in [0.3, 0.4) is 0 Å². The second-order valence-electron chi connectivity index (χ2n) is 3.43. The third-order valence-corrected chi connectivity index (χ3v) is 2.66. The molecule has 0 amide bonds. The Kier molecular flexibility index (Phi) is 4.02. The molecule has 1 N–H and O–H groups in total. The van der Waals surface area contributed by atoms with E-state index in [1.165, 1.54) is 0 Å². The molecule has 0 atom stereocenters. The molecule has 2 aromatic rings. The minimum Gasteiger partial charge on any atom is -0.339 e. The number of benzene rings is 2. The lowest BCUT2D eigenvalue weighted by Crippen LogP contribution is -2.12. The van der Waals surface area contributed by atoms with Gasteiger partial charge in [-0.3, -0.25) is 0 Å². The molecule has 0 unspecified atom stereocenters. The second-order valence-corrected chi connectivity index (χ2v) is 4.04. The van der Waals surface area contributed by atoms with Crippen LogP contribution in [-0.2, 0) is 0 Å². The third-order valence-electron chi connectivity index (χ3n) is 2.24. The Morgan fingerprint density at radius 2 is 1.59 bits per heavy atom. The lowest BCUT2D eigenvalue weighted by molar-refractivity contribution is 1.56. The average molecular weight is 265 g/mol. The van der Waals surface area contributed by atoms with Crippen LogP contribution in [0.1, 0.15) is 5.56 Å². The molecule has 17 heavy (non-hydrogen) atoms. The van der Waals surface area contributed by atoms with Crippen LogP contribution in [-0.4, -0.2) is 5.84 Å². The number of rotatable bonds is 2. The highest BCUT2D eigenvalue weighted by Gasteiger charge is 2.02. The van der Waals surface area contributed by atoms with E-state index in [4.69, 9.17) is 23.4 Å². The predicted molar refractivity (Wildman–Crippen MR) is 73.9 cm³/mol. The zero-order valence-corrected chi connectivity index (χ0v) is 10.4. The summed E-state index contributed by atoms with van der Waals surface area (Å²) in [6, 6.07) is 17.0. The fraction of sp³-hybridized carbons (Fsp3) is 0. The second kappa shape index (κ2) is 5.71. The zero-order valence-electron chi connectivity index (χ0n) is 8.90. The number of nitrogens with one attached hydrogen (secondary N) is 1. The Balaban J connectivity index is 2.19. The van der Waals surface area contributed by atoms with E-state index in [1.807, 2.05) is 42.5 Å². The highest BCUT2D eigenvalue weighted by Crippen LogP contribution is 2.15. The SMILES string of the molecule is Cl/N=C(\Nc1ccc(Cl)cc1)c1ccccc1. The van der Waals surface area contributed by atoms with Crippen LogP contribution in [0.4, 0.5) is 5.69 Å². The Morgan fingerprint density at radius 3 is 2.18 bits per heavy atom. The Morgan fingerprint density at radius 1 is 0.941 bits per heavy atom. The van der Waals surface area contributed by atoms with Crippen LogP contribution in [0, 0.1) is 0 Å². The molecule has 0 spiro atoms. The van der Waals surface area contributed by atoms with Crippen molar-refractivity contribution in [2.75, 3.05) is 5.32 Å². The summed E-state index contributed by atoms with van der Waals surface area (Å²) in [5.41, 5.74) is 1.81. The molecule has 0 saturated carbocycles. The average Bonchev–Trinajstić information content (AvgIpc) is 2.39. The minimum absolute atomic E-state index is 0.606. The molecule has 0 aliphatic heterocycles. The van der Waals surface area contributed by atoms with E-state index in [2.05, 4.69) is 9.83 Å². The van der Waals surface area contributed by atoms with Gasteiger partial charge in [-0.05, 0) is 24.3 Å². The van der Waals surface area contributed by atoms with E-state index in [-0.39, 0.29) is 0 Å². The van der Waals surface area contributed by atoms with Gasteiger partial charge in [-0.25, -0.2) is 0 Å². The third kappa shape index (κ3) is 3.22. The summed E-state index contributed by atoms with van der Waals surface area (Å²) in [7, 11) is 0. The molecule has 0 aliphatic rings. The first-order valence-electron chi connectivity index (χ1n) is 5.06. The van der Waals surface area contributed by atoms with Crippen LogP contribution in [0.15, 0.2) is 59.1 Å². The Hall–Kier alpha value is -1.51. The normalized spacial score (nSPS) is 11.3. The van der Waals surface area contributed by atoms with Crippen LogP contribution < -0.4 is 5.32 Å². The predicted octanol–water partition coefficient (Wildman–Crippen LogP) is 4.35. The van der Waals surface area contributed by atoms with Gasteiger partial charge in [0.1, 0.15) is 0 Å². The van der Waals surface area contributed by atoms with Crippen LogP contribution in [0.5, 0.6) is 0 Å². The van der Waals surface area contributed by atoms with Gasteiger partial charge in [0.25, 0.3) is 0 Å². The van der Waals surface area contributed by atoms with Crippen molar-refractivity contribution in [2.45, 2.75) is 0 Å². The molecule has 2 aromatic carbocycles. The van der Waals surface area contributed by atoms with Crippen molar-refractivity contribution < 1.29 is 0 Å². The molecular formula is C13H10Cl2N2. The van der Waals surface area contributed by atoms with Crippen molar-refractivity contribution in [3.8, 4) is 0 Å². The molecule has 0 aromatic heterocycles. The van der Waals surface area contributed by atoms with E-state index >= 15 is 0 Å². The van der Waals surface area contributed by atoms with Crippen molar-refractivity contribution >= 4 is 34.9 Å². The van der Waals surface area contributed by atoms with Gasteiger partial charge in [0, 0.05) is 28.1 Å². The maximum Gasteiger partial charge on any atom is 0.152 e. The van der Waals surface area contributed by atoms with E-state index in [9.17, 15) is 0 Å². The summed E-state index contributed by atoms with van der Waals surface area (Å²) in [6.07, 6.45) is 0. The van der Waals surface area contributed by atoms with E-state index in [1.54, 1.807) is 12.1 Å². The molecule has 0 fully saturated rings. The number of halogens is 2. The Bertz CT molecular complexity index is 507. The molecule has 2 nitrogen and oxygen atoms in total. The van der Waals surface area contributed by atoms with E-state index in [0.717, 1.165) is 11.3 Å². The standard InChI is InChI=1S/C13H10Cl2N2/c14-11-6-8-12(9-7-11)16-13(17-15)10-4-2-1-3-5-10/h1-9H,(H,16,17). The number of hydrogen-bond donors (Lipinski definition) is 1. The lowest BCUT2D eigenvalue weighted by atomic mass is 10.2. The summed E-state index contributed by atoms with van der Waals surface area (Å²) in [5.74, 6) is 0.606. The number of amidine groups is 1. The monoisotopic (exact) mass is 264 g/mol. The smallest absolute Gasteiger partial charge is 0.152 e. The Labute approximate surface area is 110 Å². The molecule has 0 heterocycles. The summed E-state index contributed by atoms with van der Waals surface area (Å²) in [5, 5.41) is 3.83. The molecule has 4 heteroatoms. The van der Waals surface area contributed by atoms with Gasteiger partial charge in [0.15, 0.2) is 5.84 Å². The summed E-state index contributed by atoms with van der Waals surface area (Å²) >= 11 is 11.4. The maximum atomic E-state index is 5.82. The fourth-order valence-electron chi connectivity index (χ4n) is 1.41. The van der Waals surface area contributed by atoms with Gasteiger partial charge in [0.2, 0.25) is 0 Å². The van der Waals surface area contributed by atoms with Gasteiger partial charge >= 0.3 is 0 Å². The molecule has 0 bridgehead atoms.